The summed E-state index contributed by atoms with van der Waals surface area (Å²) in [7, 11) is 0. The Morgan fingerprint density at radius 3 is 2.48 bits per heavy atom. The third-order valence-electron chi connectivity index (χ3n) is 3.07. The fourth-order valence-electron chi connectivity index (χ4n) is 1.94. The summed E-state index contributed by atoms with van der Waals surface area (Å²) < 4.78 is 49.7. The van der Waals surface area contributed by atoms with Crippen molar-refractivity contribution >= 4 is 11.6 Å². The maximum absolute atomic E-state index is 13.0. The van der Waals surface area contributed by atoms with Gasteiger partial charge in [0.05, 0.1) is 13.2 Å². The topological polar surface area (TPSA) is 56.3 Å². The summed E-state index contributed by atoms with van der Waals surface area (Å²) in [4.78, 5) is 7.60. The first kappa shape index (κ1) is 18.8. The number of alkyl halides is 3. The van der Waals surface area contributed by atoms with Gasteiger partial charge in [0.1, 0.15) is 11.3 Å². The van der Waals surface area contributed by atoms with Crippen molar-refractivity contribution in [3.63, 3.8) is 0 Å². The Balaban J connectivity index is 2.22. The van der Waals surface area contributed by atoms with Gasteiger partial charge in [-0.1, -0.05) is 19.9 Å². The van der Waals surface area contributed by atoms with Gasteiger partial charge in [-0.15, -0.1) is 0 Å². The minimum absolute atomic E-state index is 0.0201. The summed E-state index contributed by atoms with van der Waals surface area (Å²) in [5.74, 6) is 0.193. The summed E-state index contributed by atoms with van der Waals surface area (Å²) in [6, 6.07) is 7.03. The molecular formula is C17H20F3N3O2. The molecule has 25 heavy (non-hydrogen) atoms. The average molecular weight is 355 g/mol. The van der Waals surface area contributed by atoms with Gasteiger partial charge in [-0.3, -0.25) is 0 Å². The van der Waals surface area contributed by atoms with E-state index in [9.17, 15) is 13.2 Å². The fraction of sp³-hybridized carbons (Fsp3) is 0.412. The molecule has 0 saturated heterocycles. The highest BCUT2D eigenvalue weighted by atomic mass is 19.4. The molecule has 136 valence electrons. The van der Waals surface area contributed by atoms with Crippen LogP contribution in [0.4, 0.5) is 24.8 Å². The summed E-state index contributed by atoms with van der Waals surface area (Å²) in [6.45, 7) is 4.51. The highest BCUT2D eigenvalue weighted by Crippen LogP contribution is 2.35. The predicted molar refractivity (Wildman–Crippen MR) is 88.3 cm³/mol. The van der Waals surface area contributed by atoms with Gasteiger partial charge in [0.25, 0.3) is 0 Å². The Hall–Kier alpha value is -2.51. The van der Waals surface area contributed by atoms with Crippen LogP contribution < -0.4 is 14.8 Å². The number of nitrogens with one attached hydrogen (secondary N) is 1. The second kappa shape index (κ2) is 8.55. The molecule has 8 heteroatoms. The second-order valence-electron chi connectivity index (χ2n) is 5.26. The van der Waals surface area contributed by atoms with E-state index in [2.05, 4.69) is 15.3 Å². The molecule has 1 aromatic carbocycles. The maximum atomic E-state index is 13.0. The van der Waals surface area contributed by atoms with E-state index in [1.807, 2.05) is 6.92 Å². The van der Waals surface area contributed by atoms with E-state index < -0.39 is 17.6 Å². The Morgan fingerprint density at radius 2 is 1.80 bits per heavy atom. The van der Waals surface area contributed by atoms with Gasteiger partial charge in [0.15, 0.2) is 0 Å². The molecule has 0 aliphatic carbocycles. The molecule has 0 spiro atoms. The van der Waals surface area contributed by atoms with Crippen molar-refractivity contribution in [3.05, 3.63) is 36.0 Å². The zero-order chi connectivity index (χ0) is 18.3. The van der Waals surface area contributed by atoms with Crippen molar-refractivity contribution in [2.24, 2.45) is 0 Å². The molecule has 0 atom stereocenters. The molecular weight excluding hydrogens is 335 g/mol. The molecule has 1 N–H and O–H groups in total. The molecule has 2 aromatic rings. The lowest BCUT2D eigenvalue weighted by atomic mass is 10.3. The van der Waals surface area contributed by atoms with E-state index in [1.165, 1.54) is 0 Å². The Kier molecular flexibility index (Phi) is 6.44. The Labute approximate surface area is 144 Å². The van der Waals surface area contributed by atoms with Crippen LogP contribution in [0.5, 0.6) is 11.6 Å². The number of halogens is 3. The number of rotatable bonds is 8. The smallest absolute Gasteiger partial charge is 0.423 e. The zero-order valence-corrected chi connectivity index (χ0v) is 14.1. The molecule has 5 nitrogen and oxygen atoms in total. The quantitative estimate of drug-likeness (QED) is 0.736. The van der Waals surface area contributed by atoms with Crippen LogP contribution >= 0.6 is 0 Å². The van der Waals surface area contributed by atoms with Crippen LogP contribution in [0.3, 0.4) is 0 Å². The lowest BCUT2D eigenvalue weighted by Crippen LogP contribution is -2.12. The minimum Gasteiger partial charge on any atom is -0.494 e. The van der Waals surface area contributed by atoms with E-state index in [0.29, 0.717) is 24.5 Å². The van der Waals surface area contributed by atoms with Crippen LogP contribution in [0, 0.1) is 0 Å². The van der Waals surface area contributed by atoms with Crippen molar-refractivity contribution in [2.75, 3.05) is 18.5 Å². The van der Waals surface area contributed by atoms with Gasteiger partial charge in [-0.2, -0.15) is 18.2 Å². The molecule has 0 aliphatic rings. The van der Waals surface area contributed by atoms with Crippen molar-refractivity contribution in [1.82, 2.24) is 9.97 Å². The number of hydrogen-bond acceptors (Lipinski definition) is 5. The van der Waals surface area contributed by atoms with Crippen LogP contribution in [0.15, 0.2) is 30.5 Å². The third kappa shape index (κ3) is 5.51. The average Bonchev–Trinajstić information content (AvgIpc) is 2.57. The highest BCUT2D eigenvalue weighted by molar-refractivity contribution is 5.56. The molecule has 1 heterocycles. The van der Waals surface area contributed by atoms with Gasteiger partial charge in [-0.25, -0.2) is 4.98 Å². The second-order valence-corrected chi connectivity index (χ2v) is 5.26. The lowest BCUT2D eigenvalue weighted by molar-refractivity contribution is -0.139. The monoisotopic (exact) mass is 355 g/mol. The normalized spacial score (nSPS) is 11.2. The number of nitrogens with zero attached hydrogens (tertiary/aromatic N) is 2. The SMILES string of the molecule is CCCOc1cccc(Nc2ncc(C(F)(F)F)c(OCCC)n2)c1. The van der Waals surface area contributed by atoms with Crippen LogP contribution in [-0.2, 0) is 6.18 Å². The standard InChI is InChI=1S/C17H20F3N3O2/c1-3-8-24-13-7-5-6-12(10-13)22-16-21-11-14(17(18,19)20)15(23-16)25-9-4-2/h5-7,10-11H,3-4,8-9H2,1-2H3,(H,21,22,23). The van der Waals surface area contributed by atoms with Crippen LogP contribution in [-0.4, -0.2) is 23.2 Å². The predicted octanol–water partition coefficient (Wildman–Crippen LogP) is 4.82. The van der Waals surface area contributed by atoms with E-state index in [1.54, 1.807) is 31.2 Å². The molecule has 0 saturated carbocycles. The molecule has 0 unspecified atom stereocenters. The van der Waals surface area contributed by atoms with Crippen LogP contribution in [0.25, 0.3) is 0 Å². The number of aromatic nitrogens is 2. The number of ether oxygens (including phenoxy) is 2. The molecule has 0 radical (unpaired) electrons. The largest absolute Gasteiger partial charge is 0.494 e. The van der Waals surface area contributed by atoms with Gasteiger partial charge in [0, 0.05) is 18.0 Å². The molecule has 0 fully saturated rings. The summed E-state index contributed by atoms with van der Waals surface area (Å²) in [6.07, 6.45) is -2.41. The first-order valence-corrected chi connectivity index (χ1v) is 8.01. The van der Waals surface area contributed by atoms with Crippen molar-refractivity contribution in [1.29, 1.82) is 0 Å². The van der Waals surface area contributed by atoms with E-state index in [-0.39, 0.29) is 12.6 Å². The third-order valence-corrected chi connectivity index (χ3v) is 3.07. The first-order chi connectivity index (χ1) is 11.9. The van der Waals surface area contributed by atoms with Crippen molar-refractivity contribution < 1.29 is 22.6 Å². The van der Waals surface area contributed by atoms with Gasteiger partial charge in [0.2, 0.25) is 11.8 Å². The van der Waals surface area contributed by atoms with E-state index in [0.717, 1.165) is 12.6 Å². The highest BCUT2D eigenvalue weighted by Gasteiger charge is 2.36. The number of anilines is 2. The van der Waals surface area contributed by atoms with Gasteiger partial charge in [-0.05, 0) is 25.0 Å². The summed E-state index contributed by atoms with van der Waals surface area (Å²) >= 11 is 0. The van der Waals surface area contributed by atoms with Crippen molar-refractivity contribution in [2.45, 2.75) is 32.9 Å². The summed E-state index contributed by atoms with van der Waals surface area (Å²) in [5.41, 5.74) is -0.388. The van der Waals surface area contributed by atoms with E-state index >= 15 is 0 Å². The van der Waals surface area contributed by atoms with E-state index in [4.69, 9.17) is 9.47 Å². The van der Waals surface area contributed by atoms with Gasteiger partial charge >= 0.3 is 6.18 Å². The fourth-order valence-corrected chi connectivity index (χ4v) is 1.94. The first-order valence-electron chi connectivity index (χ1n) is 8.01. The minimum atomic E-state index is -4.57. The zero-order valence-electron chi connectivity index (χ0n) is 14.1. The lowest BCUT2D eigenvalue weighted by Gasteiger charge is -2.14. The van der Waals surface area contributed by atoms with Crippen LogP contribution in [0.2, 0.25) is 0 Å². The maximum Gasteiger partial charge on any atom is 0.423 e. The Morgan fingerprint density at radius 1 is 1.08 bits per heavy atom. The molecule has 1 aromatic heterocycles. The van der Waals surface area contributed by atoms with Gasteiger partial charge < -0.3 is 14.8 Å². The molecule has 0 aliphatic heterocycles. The molecule has 0 amide bonds. The van der Waals surface area contributed by atoms with Crippen molar-refractivity contribution in [3.8, 4) is 11.6 Å². The molecule has 0 bridgehead atoms. The number of benzene rings is 1. The van der Waals surface area contributed by atoms with Crippen LogP contribution in [0.1, 0.15) is 32.3 Å². The summed E-state index contributed by atoms with van der Waals surface area (Å²) in [5, 5.41) is 2.87. The number of hydrogen-bond donors (Lipinski definition) is 1. The Bertz CT molecular complexity index is 693. The molecule has 2 rings (SSSR count).